The van der Waals surface area contributed by atoms with Gasteiger partial charge in [-0.2, -0.15) is 0 Å². The molecular weight excluding hydrogens is 867 g/mol. The maximum atomic E-state index is 6.61. The molecule has 0 unspecified atom stereocenters. The second-order valence-corrected chi connectivity index (χ2v) is 17.7. The van der Waals surface area contributed by atoms with Crippen molar-refractivity contribution in [3.8, 4) is 22.3 Å². The van der Waals surface area contributed by atoms with E-state index >= 15 is 0 Å². The summed E-state index contributed by atoms with van der Waals surface area (Å²) in [6.07, 6.45) is 0. The first-order valence-corrected chi connectivity index (χ1v) is 24.0. The normalized spacial score (nSPS) is 11.4. The fraction of sp³-hybridized carbons (Fsp3) is 0. The largest absolute Gasteiger partial charge is 0.454 e. The molecular formula is C66H45N3O2. The van der Waals surface area contributed by atoms with Crippen LogP contribution in [0.5, 0.6) is 0 Å². The number of hydrogen-bond acceptors (Lipinski definition) is 5. The Hall–Kier alpha value is -9.58. The average molecular weight is 912 g/mol. The van der Waals surface area contributed by atoms with E-state index < -0.39 is 0 Å². The molecule has 5 nitrogen and oxygen atoms in total. The zero-order chi connectivity index (χ0) is 47.1. The SMILES string of the molecule is c1ccc(N(c2cccc(-c3cccc(N(c4ccccc4)c4cccc5c4oc4ccccc45)c3)c2)c2cccc(-c3cccc(N(c4ccccc4)c4cccc5c4oc4ccccc45)c3)c2)cc1. The van der Waals surface area contributed by atoms with Crippen LogP contribution >= 0.6 is 0 Å². The molecule has 13 aromatic rings. The number of para-hydroxylation sites is 7. The zero-order valence-corrected chi connectivity index (χ0v) is 38.6. The first kappa shape index (κ1) is 41.6. The standard InChI is InChI=1S/C66H45N3O2/c1-4-24-50(25-5-1)67(53-30-14-20-46(42-53)48-22-16-32-55(44-48)68(51-26-6-2-7-27-51)61-38-18-36-59-57-34-10-12-40-63(57)70-65(59)61)54-31-15-21-47(43-54)49-23-17-33-56(45-49)69(52-28-8-3-9-29-52)62-39-19-37-60-58-35-11-13-41-64(58)71-66(60)62/h1-45H. The number of rotatable bonds is 11. The minimum Gasteiger partial charge on any atom is -0.454 e. The van der Waals surface area contributed by atoms with Gasteiger partial charge in [0.1, 0.15) is 11.2 Å². The van der Waals surface area contributed by atoms with E-state index in [2.05, 4.69) is 263 Å². The molecule has 0 amide bonds. The van der Waals surface area contributed by atoms with Crippen molar-refractivity contribution in [1.29, 1.82) is 0 Å². The average Bonchev–Trinajstić information content (AvgIpc) is 4.02. The number of furan rings is 2. The van der Waals surface area contributed by atoms with Crippen molar-refractivity contribution in [3.63, 3.8) is 0 Å². The van der Waals surface area contributed by atoms with Crippen molar-refractivity contribution in [3.05, 3.63) is 273 Å². The van der Waals surface area contributed by atoms with E-state index in [4.69, 9.17) is 8.83 Å². The van der Waals surface area contributed by atoms with Crippen molar-refractivity contribution in [1.82, 2.24) is 0 Å². The van der Waals surface area contributed by atoms with Gasteiger partial charge in [0, 0.05) is 61.4 Å². The third kappa shape index (κ3) is 7.63. The molecule has 0 fully saturated rings. The molecule has 336 valence electrons. The van der Waals surface area contributed by atoms with Crippen LogP contribution in [0.25, 0.3) is 66.1 Å². The van der Waals surface area contributed by atoms with Crippen LogP contribution in [-0.4, -0.2) is 0 Å². The summed E-state index contributed by atoms with van der Waals surface area (Å²) in [7, 11) is 0. The van der Waals surface area contributed by atoms with Crippen molar-refractivity contribution < 1.29 is 8.83 Å². The van der Waals surface area contributed by atoms with Crippen LogP contribution in [0.1, 0.15) is 0 Å². The Balaban J connectivity index is 0.887. The fourth-order valence-electron chi connectivity index (χ4n) is 10.1. The topological polar surface area (TPSA) is 36.0 Å². The molecule has 2 aromatic heterocycles. The Morgan fingerprint density at radius 3 is 0.873 bits per heavy atom. The highest BCUT2D eigenvalue weighted by molar-refractivity contribution is 6.11. The van der Waals surface area contributed by atoms with Crippen LogP contribution in [0.3, 0.4) is 0 Å². The highest BCUT2D eigenvalue weighted by Gasteiger charge is 2.22. The number of nitrogens with zero attached hydrogens (tertiary/aromatic N) is 3. The summed E-state index contributed by atoms with van der Waals surface area (Å²) in [5.41, 5.74) is 17.1. The first-order valence-electron chi connectivity index (χ1n) is 24.0. The van der Waals surface area contributed by atoms with E-state index in [-0.39, 0.29) is 0 Å². The lowest BCUT2D eigenvalue weighted by Crippen LogP contribution is -2.11. The Morgan fingerprint density at radius 1 is 0.211 bits per heavy atom. The molecule has 0 spiro atoms. The van der Waals surface area contributed by atoms with E-state index in [0.29, 0.717) is 0 Å². The van der Waals surface area contributed by atoms with E-state index in [1.807, 2.05) is 24.3 Å². The molecule has 0 saturated carbocycles. The molecule has 0 atom stereocenters. The van der Waals surface area contributed by atoms with Gasteiger partial charge < -0.3 is 23.5 Å². The molecule has 0 N–H and O–H groups in total. The number of fused-ring (bicyclic) bond motifs is 6. The predicted octanol–water partition coefficient (Wildman–Crippen LogP) is 19.2. The Kier molecular flexibility index (Phi) is 10.4. The van der Waals surface area contributed by atoms with Crippen LogP contribution in [0.2, 0.25) is 0 Å². The highest BCUT2D eigenvalue weighted by Crippen LogP contribution is 2.46. The molecule has 0 aliphatic carbocycles. The molecule has 0 aliphatic heterocycles. The summed E-state index contributed by atoms with van der Waals surface area (Å²) in [4.78, 5) is 6.94. The highest BCUT2D eigenvalue weighted by atomic mass is 16.3. The minimum absolute atomic E-state index is 0.853. The van der Waals surface area contributed by atoms with E-state index in [9.17, 15) is 0 Å². The number of benzene rings is 11. The van der Waals surface area contributed by atoms with Gasteiger partial charge in [0.15, 0.2) is 11.2 Å². The Bertz CT molecular complexity index is 3790. The molecule has 2 heterocycles. The summed E-state index contributed by atoms with van der Waals surface area (Å²) >= 11 is 0. The Morgan fingerprint density at radius 2 is 0.493 bits per heavy atom. The van der Waals surface area contributed by atoms with Crippen LogP contribution < -0.4 is 14.7 Å². The van der Waals surface area contributed by atoms with Gasteiger partial charge in [-0.05, 0) is 131 Å². The third-order valence-corrected chi connectivity index (χ3v) is 13.4. The second-order valence-electron chi connectivity index (χ2n) is 17.7. The summed E-state index contributed by atoms with van der Waals surface area (Å²) in [5, 5.41) is 4.39. The fourth-order valence-corrected chi connectivity index (χ4v) is 10.1. The molecule has 0 saturated heterocycles. The van der Waals surface area contributed by atoms with Crippen LogP contribution in [0.4, 0.5) is 51.2 Å². The van der Waals surface area contributed by atoms with Gasteiger partial charge in [-0.25, -0.2) is 0 Å². The van der Waals surface area contributed by atoms with Crippen molar-refractivity contribution in [2.75, 3.05) is 14.7 Å². The van der Waals surface area contributed by atoms with Gasteiger partial charge in [0.05, 0.1) is 11.4 Å². The third-order valence-electron chi connectivity index (χ3n) is 13.4. The monoisotopic (exact) mass is 911 g/mol. The molecule has 71 heavy (non-hydrogen) atoms. The van der Waals surface area contributed by atoms with Crippen molar-refractivity contribution in [2.24, 2.45) is 0 Å². The molecule has 0 aliphatic rings. The van der Waals surface area contributed by atoms with Gasteiger partial charge in [0.25, 0.3) is 0 Å². The first-order chi connectivity index (χ1) is 35.2. The molecule has 5 heteroatoms. The van der Waals surface area contributed by atoms with E-state index in [0.717, 1.165) is 117 Å². The van der Waals surface area contributed by atoms with Gasteiger partial charge in [0.2, 0.25) is 0 Å². The van der Waals surface area contributed by atoms with E-state index in [1.54, 1.807) is 0 Å². The number of hydrogen-bond donors (Lipinski definition) is 0. The summed E-state index contributed by atoms with van der Waals surface area (Å²) in [6, 6.07) is 96.3. The molecule has 0 bridgehead atoms. The molecule has 13 rings (SSSR count). The van der Waals surface area contributed by atoms with E-state index in [1.165, 1.54) is 0 Å². The van der Waals surface area contributed by atoms with Crippen LogP contribution in [0, 0.1) is 0 Å². The maximum Gasteiger partial charge on any atom is 0.159 e. The van der Waals surface area contributed by atoms with Crippen LogP contribution in [-0.2, 0) is 0 Å². The lowest BCUT2D eigenvalue weighted by Gasteiger charge is -2.27. The minimum atomic E-state index is 0.853. The van der Waals surface area contributed by atoms with Gasteiger partial charge in [-0.1, -0.05) is 164 Å². The van der Waals surface area contributed by atoms with Crippen molar-refractivity contribution >= 4 is 95.1 Å². The van der Waals surface area contributed by atoms with Crippen molar-refractivity contribution in [2.45, 2.75) is 0 Å². The predicted molar refractivity (Wildman–Crippen MR) is 296 cm³/mol. The number of anilines is 9. The summed E-state index contributed by atoms with van der Waals surface area (Å²) in [6.45, 7) is 0. The molecule has 0 radical (unpaired) electrons. The smallest absolute Gasteiger partial charge is 0.159 e. The zero-order valence-electron chi connectivity index (χ0n) is 38.6. The van der Waals surface area contributed by atoms with Crippen LogP contribution in [0.15, 0.2) is 282 Å². The quantitative estimate of drug-likeness (QED) is 0.129. The Labute approximate surface area is 411 Å². The maximum absolute atomic E-state index is 6.61. The van der Waals surface area contributed by atoms with Gasteiger partial charge in [-0.15, -0.1) is 0 Å². The summed E-state index contributed by atoms with van der Waals surface area (Å²) in [5.74, 6) is 0. The second kappa shape index (κ2) is 17.8. The molecule has 11 aromatic carbocycles. The lowest BCUT2D eigenvalue weighted by molar-refractivity contribution is 0.668. The van der Waals surface area contributed by atoms with Gasteiger partial charge >= 0.3 is 0 Å². The van der Waals surface area contributed by atoms with Gasteiger partial charge in [-0.3, -0.25) is 0 Å². The summed E-state index contributed by atoms with van der Waals surface area (Å²) < 4.78 is 13.2. The lowest BCUT2D eigenvalue weighted by atomic mass is 10.0.